The Kier molecular flexibility index (Phi) is 6.12. The first-order valence-electron chi connectivity index (χ1n) is 5.85. The molecule has 2 unspecified atom stereocenters. The average molecular weight is 302 g/mol. The number of hydrogen-bond donors (Lipinski definition) is 3. The van der Waals surface area contributed by atoms with Crippen LogP contribution in [0.25, 0.3) is 0 Å². The predicted octanol–water partition coefficient (Wildman–Crippen LogP) is 1.59. The van der Waals surface area contributed by atoms with Crippen molar-refractivity contribution in [3.05, 3.63) is 35.1 Å². The highest BCUT2D eigenvalue weighted by Gasteiger charge is 2.24. The second-order valence-electron chi connectivity index (χ2n) is 4.18. The maximum absolute atomic E-state index is 13.2. The van der Waals surface area contributed by atoms with Gasteiger partial charge in [-0.2, -0.15) is 0 Å². The second kappa shape index (κ2) is 7.37. The molecule has 1 rings (SSSR count). The topological polar surface area (TPSA) is 94.8 Å². The third-order valence-corrected chi connectivity index (χ3v) is 3.49. The Balaban J connectivity index is 2.84. The Morgan fingerprint density at radius 3 is 2.55 bits per heavy atom. The fourth-order valence-corrected chi connectivity index (χ4v) is 2.31. The minimum atomic E-state index is -1.52. The van der Waals surface area contributed by atoms with Crippen LogP contribution in [-0.4, -0.2) is 38.3 Å². The van der Waals surface area contributed by atoms with E-state index in [1.54, 1.807) is 0 Å². The van der Waals surface area contributed by atoms with Gasteiger partial charge in [0.1, 0.15) is 11.9 Å². The van der Waals surface area contributed by atoms with Gasteiger partial charge in [-0.3, -0.25) is 4.79 Å². The number of aliphatic hydroxyl groups excluding tert-OH is 2. The van der Waals surface area contributed by atoms with Crippen LogP contribution in [0.3, 0.4) is 0 Å². The summed E-state index contributed by atoms with van der Waals surface area (Å²) in [5.41, 5.74) is -0.449. The quantitative estimate of drug-likeness (QED) is 0.738. The van der Waals surface area contributed by atoms with Crippen molar-refractivity contribution in [2.75, 3.05) is 5.75 Å². The fourth-order valence-electron chi connectivity index (χ4n) is 1.66. The van der Waals surface area contributed by atoms with Crippen LogP contribution in [0.1, 0.15) is 35.4 Å². The van der Waals surface area contributed by atoms with Gasteiger partial charge in [0.2, 0.25) is 0 Å². The van der Waals surface area contributed by atoms with Crippen molar-refractivity contribution in [1.29, 1.82) is 0 Å². The van der Waals surface area contributed by atoms with Crippen LogP contribution in [-0.2, 0) is 4.79 Å². The molecule has 0 aliphatic rings. The van der Waals surface area contributed by atoms with Crippen LogP contribution in [0, 0.1) is 5.82 Å². The van der Waals surface area contributed by atoms with Gasteiger partial charge in [0, 0.05) is 18.2 Å². The fraction of sp³-hybridized carbons (Fsp3) is 0.385. The van der Waals surface area contributed by atoms with Crippen LogP contribution in [0.4, 0.5) is 4.39 Å². The number of rotatable bonds is 6. The van der Waals surface area contributed by atoms with Crippen LogP contribution in [0.2, 0.25) is 0 Å². The normalized spacial score (nSPS) is 13.8. The van der Waals surface area contributed by atoms with Crippen molar-refractivity contribution < 1.29 is 29.3 Å². The Bertz CT molecular complexity index is 506. The highest BCUT2D eigenvalue weighted by Crippen LogP contribution is 2.25. The summed E-state index contributed by atoms with van der Waals surface area (Å²) in [7, 11) is 0. The van der Waals surface area contributed by atoms with Gasteiger partial charge in [-0.05, 0) is 24.6 Å². The van der Waals surface area contributed by atoms with E-state index in [4.69, 9.17) is 5.11 Å². The lowest BCUT2D eigenvalue weighted by atomic mass is 9.97. The zero-order valence-corrected chi connectivity index (χ0v) is 11.6. The first-order valence-corrected chi connectivity index (χ1v) is 6.83. The standard InChI is InChI=1S/C13H15FO5S/c1-7(15)20-5-4-11(16)12(17)10-6-8(14)2-3-9(10)13(18)19/h2-3,6,11-12,16-17H,4-5H2,1H3,(H,18,19). The summed E-state index contributed by atoms with van der Waals surface area (Å²) in [6, 6.07) is 2.89. The third kappa shape index (κ3) is 4.59. The molecular weight excluding hydrogens is 287 g/mol. The number of thioether (sulfide) groups is 1. The van der Waals surface area contributed by atoms with Crippen LogP contribution < -0.4 is 0 Å². The highest BCUT2D eigenvalue weighted by molar-refractivity contribution is 8.13. The minimum Gasteiger partial charge on any atom is -0.478 e. The van der Waals surface area contributed by atoms with E-state index in [0.717, 1.165) is 30.0 Å². The van der Waals surface area contributed by atoms with E-state index in [1.165, 1.54) is 6.92 Å². The number of hydrogen-bond acceptors (Lipinski definition) is 5. The number of halogens is 1. The molecule has 0 radical (unpaired) electrons. The molecule has 7 heteroatoms. The number of aliphatic hydroxyl groups is 2. The predicted molar refractivity (Wildman–Crippen MR) is 72.1 cm³/mol. The lowest BCUT2D eigenvalue weighted by Gasteiger charge is -2.19. The molecule has 0 fully saturated rings. The maximum Gasteiger partial charge on any atom is 0.336 e. The highest BCUT2D eigenvalue weighted by atomic mass is 32.2. The molecule has 0 saturated heterocycles. The van der Waals surface area contributed by atoms with Gasteiger partial charge in [0.05, 0.1) is 11.7 Å². The van der Waals surface area contributed by atoms with Crippen LogP contribution in [0.5, 0.6) is 0 Å². The van der Waals surface area contributed by atoms with E-state index in [1.807, 2.05) is 0 Å². The number of aromatic carboxylic acids is 1. The number of carbonyl (C=O) groups is 2. The van der Waals surface area contributed by atoms with Gasteiger partial charge in [0.15, 0.2) is 5.12 Å². The molecular formula is C13H15FO5S. The molecule has 110 valence electrons. The van der Waals surface area contributed by atoms with Crippen molar-refractivity contribution in [3.8, 4) is 0 Å². The molecule has 1 aromatic carbocycles. The molecule has 0 aliphatic carbocycles. The lowest BCUT2D eigenvalue weighted by Crippen LogP contribution is -2.21. The average Bonchev–Trinajstić information content (AvgIpc) is 2.36. The summed E-state index contributed by atoms with van der Waals surface area (Å²) in [6.07, 6.45) is -2.72. The molecule has 3 N–H and O–H groups in total. The van der Waals surface area contributed by atoms with Crippen LogP contribution in [0.15, 0.2) is 18.2 Å². The smallest absolute Gasteiger partial charge is 0.336 e. The molecule has 2 atom stereocenters. The molecule has 0 spiro atoms. The zero-order valence-electron chi connectivity index (χ0n) is 10.7. The van der Waals surface area contributed by atoms with Crippen molar-refractivity contribution in [1.82, 2.24) is 0 Å². The van der Waals surface area contributed by atoms with Gasteiger partial charge in [0.25, 0.3) is 0 Å². The molecule has 0 aliphatic heterocycles. The first-order chi connectivity index (χ1) is 9.32. The monoisotopic (exact) mass is 302 g/mol. The van der Waals surface area contributed by atoms with Gasteiger partial charge >= 0.3 is 5.97 Å². The molecule has 5 nitrogen and oxygen atoms in total. The summed E-state index contributed by atoms with van der Waals surface area (Å²) >= 11 is 0.985. The van der Waals surface area contributed by atoms with Crippen molar-refractivity contribution in [2.24, 2.45) is 0 Å². The molecule has 0 bridgehead atoms. The lowest BCUT2D eigenvalue weighted by molar-refractivity contribution is -0.109. The van der Waals surface area contributed by atoms with E-state index < -0.39 is 24.0 Å². The maximum atomic E-state index is 13.2. The van der Waals surface area contributed by atoms with Crippen LogP contribution >= 0.6 is 11.8 Å². The molecule has 20 heavy (non-hydrogen) atoms. The molecule has 1 aromatic rings. The van der Waals surface area contributed by atoms with Gasteiger partial charge in [-0.15, -0.1) is 0 Å². The minimum absolute atomic E-state index is 0.0843. The summed E-state index contributed by atoms with van der Waals surface area (Å²) in [6.45, 7) is 1.38. The summed E-state index contributed by atoms with van der Waals surface area (Å²) < 4.78 is 13.2. The molecule has 0 heterocycles. The largest absolute Gasteiger partial charge is 0.478 e. The Morgan fingerprint density at radius 2 is 2.00 bits per heavy atom. The second-order valence-corrected chi connectivity index (χ2v) is 5.45. The van der Waals surface area contributed by atoms with Crippen molar-refractivity contribution in [2.45, 2.75) is 25.6 Å². The van der Waals surface area contributed by atoms with Crippen molar-refractivity contribution in [3.63, 3.8) is 0 Å². The Morgan fingerprint density at radius 1 is 1.35 bits per heavy atom. The van der Waals surface area contributed by atoms with E-state index in [0.29, 0.717) is 0 Å². The van der Waals surface area contributed by atoms with Crippen molar-refractivity contribution >= 4 is 22.8 Å². The number of carboxylic acids is 1. The summed E-state index contributed by atoms with van der Waals surface area (Å²) in [4.78, 5) is 21.7. The van der Waals surface area contributed by atoms with Gasteiger partial charge in [-0.1, -0.05) is 11.8 Å². The number of carbonyl (C=O) groups excluding carboxylic acids is 1. The summed E-state index contributed by atoms with van der Waals surface area (Å²) in [5.74, 6) is -1.73. The van der Waals surface area contributed by atoms with Gasteiger partial charge < -0.3 is 15.3 Å². The first kappa shape index (κ1) is 16.6. The van der Waals surface area contributed by atoms with Gasteiger partial charge in [-0.25, -0.2) is 9.18 Å². The molecule has 0 saturated carbocycles. The summed E-state index contributed by atoms with van der Waals surface area (Å²) in [5, 5.41) is 28.6. The van der Waals surface area contributed by atoms with E-state index in [9.17, 15) is 24.2 Å². The number of carboxylic acid groups (broad SMARTS) is 1. The zero-order chi connectivity index (χ0) is 15.3. The molecule has 0 amide bonds. The Labute approximate surface area is 119 Å². The van der Waals surface area contributed by atoms with E-state index in [2.05, 4.69) is 0 Å². The Hall–Kier alpha value is -1.44. The van der Waals surface area contributed by atoms with E-state index >= 15 is 0 Å². The number of benzene rings is 1. The molecule has 0 aromatic heterocycles. The third-order valence-electron chi connectivity index (χ3n) is 2.65. The van der Waals surface area contributed by atoms with E-state index in [-0.39, 0.29) is 28.4 Å². The SMILES string of the molecule is CC(=O)SCCC(O)C(O)c1cc(F)ccc1C(=O)O.